The Morgan fingerprint density at radius 2 is 2.00 bits per heavy atom. The van der Waals surface area contributed by atoms with Gasteiger partial charge in [0.1, 0.15) is 11.2 Å². The standard InChI is InChI=1S/C14H16O4/c1-9-4-5-11(18-2)10(8-9)12(15)14(13(16)17)6-3-7-14/h4-5,8H,3,6-7H2,1-2H3,(H,16,17). The molecule has 4 heteroatoms. The van der Waals surface area contributed by atoms with Gasteiger partial charge in [0.05, 0.1) is 12.7 Å². The molecular formula is C14H16O4. The molecule has 0 aromatic heterocycles. The van der Waals surface area contributed by atoms with Crippen molar-refractivity contribution in [3.8, 4) is 5.75 Å². The molecule has 1 aliphatic rings. The van der Waals surface area contributed by atoms with E-state index >= 15 is 0 Å². The monoisotopic (exact) mass is 248 g/mol. The molecule has 0 unspecified atom stereocenters. The molecule has 0 saturated heterocycles. The number of carbonyl (C=O) groups is 2. The van der Waals surface area contributed by atoms with E-state index in [0.717, 1.165) is 12.0 Å². The van der Waals surface area contributed by atoms with Crippen LogP contribution in [0.15, 0.2) is 18.2 Å². The molecule has 0 heterocycles. The maximum atomic E-state index is 12.5. The number of hydrogen-bond acceptors (Lipinski definition) is 3. The van der Waals surface area contributed by atoms with Gasteiger partial charge in [0, 0.05) is 0 Å². The third-order valence-electron chi connectivity index (χ3n) is 3.65. The summed E-state index contributed by atoms with van der Waals surface area (Å²) in [6, 6.07) is 5.24. The van der Waals surface area contributed by atoms with Gasteiger partial charge >= 0.3 is 5.97 Å². The summed E-state index contributed by atoms with van der Waals surface area (Å²) < 4.78 is 5.15. The highest BCUT2D eigenvalue weighted by Crippen LogP contribution is 2.45. The molecule has 1 aromatic rings. The van der Waals surface area contributed by atoms with E-state index in [1.807, 2.05) is 13.0 Å². The Balaban J connectivity index is 2.45. The predicted octanol–water partition coefficient (Wildman–Crippen LogP) is 2.44. The van der Waals surface area contributed by atoms with Gasteiger partial charge < -0.3 is 9.84 Å². The smallest absolute Gasteiger partial charge is 0.317 e. The number of ketones is 1. The highest BCUT2D eigenvalue weighted by Gasteiger charge is 2.51. The lowest BCUT2D eigenvalue weighted by Gasteiger charge is -2.36. The van der Waals surface area contributed by atoms with Crippen LogP contribution in [-0.4, -0.2) is 24.0 Å². The average Bonchev–Trinajstić information content (AvgIpc) is 2.26. The highest BCUT2D eigenvalue weighted by molar-refractivity contribution is 6.14. The first-order chi connectivity index (χ1) is 8.51. The van der Waals surface area contributed by atoms with Gasteiger partial charge in [-0.1, -0.05) is 18.1 Å². The summed E-state index contributed by atoms with van der Waals surface area (Å²) in [5.74, 6) is -0.915. The van der Waals surface area contributed by atoms with Crippen molar-refractivity contribution in [2.75, 3.05) is 7.11 Å². The summed E-state index contributed by atoms with van der Waals surface area (Å²) in [6.45, 7) is 1.87. The molecule has 0 bridgehead atoms. The van der Waals surface area contributed by atoms with Crippen LogP contribution in [0.25, 0.3) is 0 Å². The quantitative estimate of drug-likeness (QED) is 0.656. The molecule has 4 nitrogen and oxygen atoms in total. The second-order valence-electron chi connectivity index (χ2n) is 4.77. The summed E-state index contributed by atoms with van der Waals surface area (Å²) in [5, 5.41) is 9.29. The molecule has 1 N–H and O–H groups in total. The van der Waals surface area contributed by atoms with Crippen molar-refractivity contribution in [3.05, 3.63) is 29.3 Å². The van der Waals surface area contributed by atoms with Crippen LogP contribution in [0, 0.1) is 12.3 Å². The minimum Gasteiger partial charge on any atom is -0.496 e. The fourth-order valence-electron chi connectivity index (χ4n) is 2.33. The van der Waals surface area contributed by atoms with Gasteiger partial charge in [0.2, 0.25) is 0 Å². The summed E-state index contributed by atoms with van der Waals surface area (Å²) in [4.78, 5) is 23.8. The maximum absolute atomic E-state index is 12.5. The molecule has 0 aliphatic heterocycles. The van der Waals surface area contributed by atoms with Crippen LogP contribution >= 0.6 is 0 Å². The van der Waals surface area contributed by atoms with E-state index in [9.17, 15) is 14.7 Å². The molecule has 0 amide bonds. The third kappa shape index (κ3) is 1.78. The van der Waals surface area contributed by atoms with Gasteiger partial charge in [-0.2, -0.15) is 0 Å². The number of aryl methyl sites for hydroxylation is 1. The van der Waals surface area contributed by atoms with E-state index in [0.29, 0.717) is 24.2 Å². The molecule has 96 valence electrons. The number of rotatable bonds is 4. The third-order valence-corrected chi connectivity index (χ3v) is 3.65. The molecule has 1 fully saturated rings. The number of methoxy groups -OCH3 is 1. The van der Waals surface area contributed by atoms with E-state index in [1.54, 1.807) is 12.1 Å². The van der Waals surface area contributed by atoms with Crippen molar-refractivity contribution in [1.29, 1.82) is 0 Å². The summed E-state index contributed by atoms with van der Waals surface area (Å²) in [6.07, 6.45) is 1.61. The Morgan fingerprint density at radius 1 is 1.33 bits per heavy atom. The Labute approximate surface area is 106 Å². The molecule has 0 radical (unpaired) electrons. The molecule has 18 heavy (non-hydrogen) atoms. The lowest BCUT2D eigenvalue weighted by Crippen LogP contribution is -2.45. The van der Waals surface area contributed by atoms with Gasteiger partial charge in [-0.15, -0.1) is 0 Å². The second-order valence-corrected chi connectivity index (χ2v) is 4.77. The largest absolute Gasteiger partial charge is 0.496 e. The van der Waals surface area contributed by atoms with Crippen LogP contribution in [0.4, 0.5) is 0 Å². The number of benzene rings is 1. The normalized spacial score (nSPS) is 16.8. The van der Waals surface area contributed by atoms with Crippen LogP contribution in [0.5, 0.6) is 5.75 Å². The number of aliphatic carboxylic acids is 1. The molecule has 0 spiro atoms. The SMILES string of the molecule is COc1ccc(C)cc1C(=O)C1(C(=O)O)CCC1. The zero-order chi connectivity index (χ0) is 13.3. The number of carboxylic acid groups (broad SMARTS) is 1. The minimum atomic E-state index is -1.24. The van der Waals surface area contributed by atoms with Crippen LogP contribution in [0.1, 0.15) is 35.2 Å². The Kier molecular flexibility index (Phi) is 3.11. The first kappa shape index (κ1) is 12.6. The topological polar surface area (TPSA) is 63.6 Å². The van der Waals surface area contributed by atoms with Crippen molar-refractivity contribution in [1.82, 2.24) is 0 Å². The van der Waals surface area contributed by atoms with Crippen molar-refractivity contribution in [2.45, 2.75) is 26.2 Å². The van der Waals surface area contributed by atoms with Crippen molar-refractivity contribution in [2.24, 2.45) is 5.41 Å². The van der Waals surface area contributed by atoms with Crippen LogP contribution < -0.4 is 4.74 Å². The van der Waals surface area contributed by atoms with Crippen LogP contribution in [-0.2, 0) is 4.79 Å². The number of carbonyl (C=O) groups excluding carboxylic acids is 1. The van der Waals surface area contributed by atoms with E-state index in [4.69, 9.17) is 4.74 Å². The van der Waals surface area contributed by atoms with Gasteiger partial charge in [-0.3, -0.25) is 9.59 Å². The molecule has 0 atom stereocenters. The molecule has 1 aliphatic carbocycles. The van der Waals surface area contributed by atoms with Crippen LogP contribution in [0.3, 0.4) is 0 Å². The first-order valence-corrected chi connectivity index (χ1v) is 5.94. The average molecular weight is 248 g/mol. The molecular weight excluding hydrogens is 232 g/mol. The number of ether oxygens (including phenoxy) is 1. The Morgan fingerprint density at radius 3 is 2.44 bits per heavy atom. The van der Waals surface area contributed by atoms with Gasteiger partial charge in [0.25, 0.3) is 0 Å². The maximum Gasteiger partial charge on any atom is 0.317 e. The Hall–Kier alpha value is -1.84. The van der Waals surface area contributed by atoms with E-state index < -0.39 is 11.4 Å². The fraction of sp³-hybridized carbons (Fsp3) is 0.429. The molecule has 1 aromatic carbocycles. The summed E-state index contributed by atoms with van der Waals surface area (Å²) in [5.41, 5.74) is 0.0553. The first-order valence-electron chi connectivity index (χ1n) is 5.94. The van der Waals surface area contributed by atoms with E-state index in [1.165, 1.54) is 7.11 Å². The molecule has 1 saturated carbocycles. The number of hydrogen-bond donors (Lipinski definition) is 1. The van der Waals surface area contributed by atoms with Gasteiger partial charge in [0.15, 0.2) is 5.78 Å². The molecule has 2 rings (SSSR count). The van der Waals surface area contributed by atoms with Crippen molar-refractivity contribution < 1.29 is 19.4 Å². The highest BCUT2D eigenvalue weighted by atomic mass is 16.5. The van der Waals surface area contributed by atoms with E-state index in [2.05, 4.69) is 0 Å². The lowest BCUT2D eigenvalue weighted by molar-refractivity contribution is -0.150. The summed E-state index contributed by atoms with van der Waals surface area (Å²) >= 11 is 0. The zero-order valence-electron chi connectivity index (χ0n) is 10.5. The van der Waals surface area contributed by atoms with Crippen LogP contribution in [0.2, 0.25) is 0 Å². The predicted molar refractivity (Wildman–Crippen MR) is 66.0 cm³/mol. The van der Waals surface area contributed by atoms with E-state index in [-0.39, 0.29) is 5.78 Å². The Bertz CT molecular complexity index is 501. The summed E-state index contributed by atoms with van der Waals surface area (Å²) in [7, 11) is 1.48. The number of carboxylic acids is 1. The second kappa shape index (κ2) is 4.44. The van der Waals surface area contributed by atoms with Gasteiger partial charge in [-0.25, -0.2) is 0 Å². The fourth-order valence-corrected chi connectivity index (χ4v) is 2.33. The lowest BCUT2D eigenvalue weighted by atomic mass is 9.64. The van der Waals surface area contributed by atoms with Crippen molar-refractivity contribution >= 4 is 11.8 Å². The minimum absolute atomic E-state index is 0.332. The zero-order valence-corrected chi connectivity index (χ0v) is 10.5. The van der Waals surface area contributed by atoms with Crippen molar-refractivity contribution in [3.63, 3.8) is 0 Å². The van der Waals surface area contributed by atoms with Gasteiger partial charge in [-0.05, 0) is 31.9 Å². The number of Topliss-reactive ketones (excluding diaryl/α,β-unsaturated/α-hetero) is 1.